The van der Waals surface area contributed by atoms with Crippen LogP contribution in [0.4, 0.5) is 0 Å². The van der Waals surface area contributed by atoms with Crippen LogP contribution in [0.5, 0.6) is 0 Å². The summed E-state index contributed by atoms with van der Waals surface area (Å²) in [4.78, 5) is 6.39. The van der Waals surface area contributed by atoms with E-state index in [1.807, 2.05) is 29.6 Å². The predicted molar refractivity (Wildman–Crippen MR) is 101 cm³/mol. The fraction of sp³-hybridized carbons (Fsp3) is 0.200. The minimum atomic E-state index is 0.490. The van der Waals surface area contributed by atoms with E-state index in [1.165, 1.54) is 11.3 Å². The molecule has 25 heavy (non-hydrogen) atoms. The normalized spacial score (nSPS) is 11.3. The number of hydrogen-bond donors (Lipinski definition) is 0. The van der Waals surface area contributed by atoms with Gasteiger partial charge in [0.25, 0.3) is 5.89 Å². The zero-order chi connectivity index (χ0) is 17.2. The molecule has 0 atom stereocenters. The highest BCUT2D eigenvalue weighted by Gasteiger charge is 2.16. The smallest absolute Gasteiger partial charge is 0.268 e. The summed E-state index contributed by atoms with van der Waals surface area (Å²) >= 11 is 10.6. The van der Waals surface area contributed by atoms with Gasteiger partial charge in [-0.05, 0) is 30.5 Å². The van der Waals surface area contributed by atoms with Gasteiger partial charge in [-0.3, -0.25) is 0 Å². The summed E-state index contributed by atoms with van der Waals surface area (Å²) in [6, 6.07) is 7.75. The van der Waals surface area contributed by atoms with E-state index in [1.54, 1.807) is 23.1 Å². The Balaban J connectivity index is 1.49. The molecule has 4 aromatic rings. The number of thiophene rings is 2. The van der Waals surface area contributed by atoms with Gasteiger partial charge >= 0.3 is 0 Å². The molecule has 4 heterocycles. The third-order valence-electron chi connectivity index (χ3n) is 3.36. The molecule has 0 spiro atoms. The van der Waals surface area contributed by atoms with Gasteiger partial charge in [0.05, 0.1) is 19.8 Å². The van der Waals surface area contributed by atoms with E-state index in [0.717, 1.165) is 27.3 Å². The van der Waals surface area contributed by atoms with Crippen molar-refractivity contribution >= 4 is 46.0 Å². The molecule has 0 saturated carbocycles. The lowest BCUT2D eigenvalue weighted by atomic mass is 10.4. The molecule has 0 aliphatic heterocycles. The molecule has 0 fully saturated rings. The molecule has 128 valence electrons. The quantitative estimate of drug-likeness (QED) is 0.413. The molecule has 0 aliphatic carbocycles. The van der Waals surface area contributed by atoms with Crippen LogP contribution in [-0.4, -0.2) is 24.9 Å². The third kappa shape index (κ3) is 3.50. The second-order valence-corrected chi connectivity index (χ2v) is 8.54. The summed E-state index contributed by atoms with van der Waals surface area (Å²) in [6.45, 7) is 2.88. The lowest BCUT2D eigenvalue weighted by Crippen LogP contribution is -1.99. The minimum Gasteiger partial charge on any atom is -0.333 e. The highest BCUT2D eigenvalue weighted by Crippen LogP contribution is 2.31. The van der Waals surface area contributed by atoms with Crippen molar-refractivity contribution in [2.24, 2.45) is 0 Å². The van der Waals surface area contributed by atoms with Crippen molar-refractivity contribution in [1.29, 1.82) is 0 Å². The maximum Gasteiger partial charge on any atom is 0.268 e. The summed E-state index contributed by atoms with van der Waals surface area (Å²) in [6.07, 6.45) is 0. The first-order chi connectivity index (χ1) is 12.2. The van der Waals surface area contributed by atoms with E-state index >= 15 is 0 Å². The van der Waals surface area contributed by atoms with Crippen molar-refractivity contribution in [1.82, 2.24) is 24.9 Å². The molecular formula is C15H12ClN5OS3. The summed E-state index contributed by atoms with van der Waals surface area (Å²) in [5.41, 5.74) is 0. The third-order valence-corrected chi connectivity index (χ3v) is 6.40. The summed E-state index contributed by atoms with van der Waals surface area (Å²) in [5.74, 6) is 2.56. The molecule has 0 aliphatic rings. The standard InChI is InChI=1S/C15H12ClN5OS3/c1-2-21-13(9-4-3-7-23-9)18-19-15(21)24-8-12-17-14(22-20-12)10-5-6-11(16)25-10/h3-7H,2,8H2,1H3. The molecule has 6 nitrogen and oxygen atoms in total. The fourth-order valence-corrected chi connectivity index (χ4v) is 4.77. The molecule has 0 unspecified atom stereocenters. The topological polar surface area (TPSA) is 69.6 Å². The highest BCUT2D eigenvalue weighted by atomic mass is 35.5. The van der Waals surface area contributed by atoms with Gasteiger partial charge in [0, 0.05) is 6.54 Å². The molecule has 4 rings (SSSR count). The Morgan fingerprint density at radius 1 is 1.24 bits per heavy atom. The SMILES string of the molecule is CCn1c(SCc2noc(-c3ccc(Cl)s3)n2)nnc1-c1cccs1. The Morgan fingerprint density at radius 3 is 2.88 bits per heavy atom. The van der Waals surface area contributed by atoms with Crippen molar-refractivity contribution in [2.45, 2.75) is 24.4 Å². The van der Waals surface area contributed by atoms with Crippen LogP contribution < -0.4 is 0 Å². The lowest BCUT2D eigenvalue weighted by Gasteiger charge is -2.04. The first kappa shape index (κ1) is 16.8. The Kier molecular flexibility index (Phi) is 4.89. The Hall–Kier alpha value is -1.68. The average Bonchev–Trinajstić information content (AvgIpc) is 3.38. The van der Waals surface area contributed by atoms with Crippen molar-refractivity contribution in [3.63, 3.8) is 0 Å². The van der Waals surface area contributed by atoms with E-state index < -0.39 is 0 Å². The van der Waals surface area contributed by atoms with Crippen molar-refractivity contribution < 1.29 is 4.52 Å². The zero-order valence-electron chi connectivity index (χ0n) is 13.0. The van der Waals surface area contributed by atoms with Gasteiger partial charge in [0.15, 0.2) is 16.8 Å². The average molecular weight is 410 g/mol. The largest absolute Gasteiger partial charge is 0.333 e. The summed E-state index contributed by atoms with van der Waals surface area (Å²) in [5, 5.41) is 15.5. The molecular weight excluding hydrogens is 398 g/mol. The molecule has 0 radical (unpaired) electrons. The van der Waals surface area contributed by atoms with Crippen LogP contribution in [0.1, 0.15) is 12.7 Å². The molecule has 4 aromatic heterocycles. The number of hydrogen-bond acceptors (Lipinski definition) is 8. The number of rotatable bonds is 6. The van der Waals surface area contributed by atoms with Crippen LogP contribution in [0.2, 0.25) is 4.34 Å². The molecule has 0 aromatic carbocycles. The van der Waals surface area contributed by atoms with Gasteiger partial charge in [0.1, 0.15) is 0 Å². The summed E-state index contributed by atoms with van der Waals surface area (Å²) in [7, 11) is 0. The van der Waals surface area contributed by atoms with E-state index in [9.17, 15) is 0 Å². The first-order valence-electron chi connectivity index (χ1n) is 7.42. The van der Waals surface area contributed by atoms with Crippen LogP contribution in [0.25, 0.3) is 21.5 Å². The van der Waals surface area contributed by atoms with Crippen molar-refractivity contribution in [2.75, 3.05) is 0 Å². The van der Waals surface area contributed by atoms with Gasteiger partial charge in [0.2, 0.25) is 0 Å². The van der Waals surface area contributed by atoms with Crippen molar-refractivity contribution in [3.05, 3.63) is 39.8 Å². The molecule has 0 saturated heterocycles. The van der Waals surface area contributed by atoms with E-state index in [0.29, 0.717) is 21.8 Å². The van der Waals surface area contributed by atoms with E-state index in [2.05, 4.69) is 31.8 Å². The van der Waals surface area contributed by atoms with Crippen LogP contribution in [-0.2, 0) is 12.3 Å². The second kappa shape index (κ2) is 7.28. The van der Waals surface area contributed by atoms with Gasteiger partial charge < -0.3 is 9.09 Å². The van der Waals surface area contributed by atoms with Crippen LogP contribution in [0.3, 0.4) is 0 Å². The van der Waals surface area contributed by atoms with Crippen LogP contribution in [0, 0.1) is 0 Å². The molecule has 10 heteroatoms. The molecule has 0 bridgehead atoms. The van der Waals surface area contributed by atoms with Crippen LogP contribution >= 0.6 is 46.0 Å². The number of aromatic nitrogens is 5. The van der Waals surface area contributed by atoms with E-state index in [-0.39, 0.29) is 0 Å². The predicted octanol–water partition coefficient (Wildman–Crippen LogP) is 5.08. The highest BCUT2D eigenvalue weighted by molar-refractivity contribution is 7.98. The van der Waals surface area contributed by atoms with Crippen LogP contribution in [0.15, 0.2) is 39.3 Å². The zero-order valence-corrected chi connectivity index (χ0v) is 16.3. The Bertz CT molecular complexity index is 975. The lowest BCUT2D eigenvalue weighted by molar-refractivity contribution is 0.426. The van der Waals surface area contributed by atoms with Gasteiger partial charge in [-0.25, -0.2) is 0 Å². The fourth-order valence-electron chi connectivity index (χ4n) is 2.24. The van der Waals surface area contributed by atoms with E-state index in [4.69, 9.17) is 16.1 Å². The summed E-state index contributed by atoms with van der Waals surface area (Å²) < 4.78 is 8.10. The second-order valence-electron chi connectivity index (χ2n) is 4.94. The Labute approximate surface area is 160 Å². The van der Waals surface area contributed by atoms with Gasteiger partial charge in [-0.1, -0.05) is 34.6 Å². The number of nitrogens with zero attached hydrogens (tertiary/aromatic N) is 5. The van der Waals surface area contributed by atoms with Gasteiger partial charge in [-0.15, -0.1) is 32.9 Å². The number of halogens is 1. The maximum atomic E-state index is 5.94. The first-order valence-corrected chi connectivity index (χ1v) is 10.5. The Morgan fingerprint density at radius 2 is 2.16 bits per heavy atom. The minimum absolute atomic E-state index is 0.490. The number of thioether (sulfide) groups is 1. The maximum absolute atomic E-state index is 5.94. The van der Waals surface area contributed by atoms with Gasteiger partial charge in [-0.2, -0.15) is 4.98 Å². The molecule has 0 amide bonds. The van der Waals surface area contributed by atoms with Crippen molar-refractivity contribution in [3.8, 4) is 21.5 Å². The molecule has 0 N–H and O–H groups in total. The monoisotopic (exact) mass is 409 g/mol.